The number of morpholine rings is 1. The number of nitriles is 1. The molecule has 0 spiro atoms. The summed E-state index contributed by atoms with van der Waals surface area (Å²) in [5, 5.41) is 10.4. The maximum atomic E-state index is 13.1. The second-order valence-electron chi connectivity index (χ2n) is 7.56. The molecule has 166 valence electrons. The predicted molar refractivity (Wildman–Crippen MR) is 117 cm³/mol. The molecule has 0 saturated carbocycles. The molecule has 2 N–H and O–H groups in total. The molecule has 2 aromatic carbocycles. The van der Waals surface area contributed by atoms with Crippen molar-refractivity contribution in [3.05, 3.63) is 81.5 Å². The van der Waals surface area contributed by atoms with Crippen LogP contribution in [0.4, 0.5) is 4.79 Å². The Labute approximate surface area is 188 Å². The van der Waals surface area contributed by atoms with Gasteiger partial charge in [0.15, 0.2) is 5.75 Å². The molecule has 3 heterocycles. The van der Waals surface area contributed by atoms with E-state index < -0.39 is 17.6 Å². The van der Waals surface area contributed by atoms with Crippen molar-refractivity contribution in [3.63, 3.8) is 0 Å². The second kappa shape index (κ2) is 8.33. The number of ether oxygens (including phenoxy) is 3. The third-order valence-electron chi connectivity index (χ3n) is 5.67. The van der Waals surface area contributed by atoms with Crippen molar-refractivity contribution in [2.75, 3.05) is 26.3 Å². The molecule has 5 rings (SSSR count). The van der Waals surface area contributed by atoms with Gasteiger partial charge in [-0.2, -0.15) is 5.26 Å². The second-order valence-corrected chi connectivity index (χ2v) is 7.56. The summed E-state index contributed by atoms with van der Waals surface area (Å²) in [5.41, 5.74) is 6.35. The van der Waals surface area contributed by atoms with E-state index in [2.05, 4.69) is 0 Å². The van der Waals surface area contributed by atoms with Gasteiger partial charge in [0.25, 0.3) is 0 Å². The largest absolute Gasteiger partial charge is 0.439 e. The van der Waals surface area contributed by atoms with E-state index in [1.54, 1.807) is 48.5 Å². The lowest BCUT2D eigenvalue weighted by Gasteiger charge is -2.28. The number of nitrogens with two attached hydrogens (primary N) is 1. The van der Waals surface area contributed by atoms with Gasteiger partial charge in [0, 0.05) is 18.7 Å². The molecule has 0 radical (unpaired) electrons. The number of hydrogen-bond acceptors (Lipinski definition) is 8. The van der Waals surface area contributed by atoms with E-state index in [0.717, 1.165) is 0 Å². The third kappa shape index (κ3) is 3.56. The first-order valence-electron chi connectivity index (χ1n) is 10.3. The molecule has 1 aromatic heterocycles. The van der Waals surface area contributed by atoms with Crippen LogP contribution >= 0.6 is 0 Å². The monoisotopic (exact) mass is 445 g/mol. The summed E-state index contributed by atoms with van der Waals surface area (Å²) in [6, 6.07) is 15.7. The zero-order valence-electron chi connectivity index (χ0n) is 17.4. The maximum absolute atomic E-state index is 13.1. The van der Waals surface area contributed by atoms with Gasteiger partial charge in [-0.25, -0.2) is 9.59 Å². The number of nitrogens with zero attached hydrogens (tertiary/aromatic N) is 2. The average Bonchev–Trinajstić information content (AvgIpc) is 2.84. The highest BCUT2D eigenvalue weighted by Gasteiger charge is 2.37. The average molecular weight is 445 g/mol. The molecule has 9 heteroatoms. The minimum Gasteiger partial charge on any atom is -0.439 e. The van der Waals surface area contributed by atoms with Crippen molar-refractivity contribution in [2.24, 2.45) is 5.73 Å². The number of para-hydroxylation sites is 2. The smallest absolute Gasteiger partial charge is 0.415 e. The number of hydrogen-bond donors (Lipinski definition) is 1. The van der Waals surface area contributed by atoms with E-state index in [1.807, 2.05) is 6.07 Å². The lowest BCUT2D eigenvalue weighted by Crippen LogP contribution is -2.42. The van der Waals surface area contributed by atoms with Crippen LogP contribution in [0.1, 0.15) is 17.0 Å². The van der Waals surface area contributed by atoms with Gasteiger partial charge in [-0.05, 0) is 18.2 Å². The molecule has 2 aliphatic rings. The summed E-state index contributed by atoms with van der Waals surface area (Å²) in [6.45, 7) is 1.67. The Bertz CT molecular complexity index is 1380. The highest BCUT2D eigenvalue weighted by molar-refractivity contribution is 5.86. The molecule has 9 nitrogen and oxygen atoms in total. The fourth-order valence-electron chi connectivity index (χ4n) is 4.09. The molecular formula is C24H19N3O6. The zero-order chi connectivity index (χ0) is 22.9. The van der Waals surface area contributed by atoms with Crippen molar-refractivity contribution in [1.82, 2.24) is 4.90 Å². The predicted octanol–water partition coefficient (Wildman–Crippen LogP) is 2.84. The first-order chi connectivity index (χ1) is 16.1. The number of fused-ring (bicyclic) bond motifs is 3. The Morgan fingerprint density at radius 2 is 1.85 bits per heavy atom. The number of carbonyl (C=O) groups excluding carboxylic acids is 1. The van der Waals surface area contributed by atoms with Crippen LogP contribution in [-0.2, 0) is 4.74 Å². The molecular weight excluding hydrogens is 426 g/mol. The van der Waals surface area contributed by atoms with Gasteiger partial charge in [0.1, 0.15) is 23.0 Å². The van der Waals surface area contributed by atoms with E-state index in [9.17, 15) is 14.9 Å². The van der Waals surface area contributed by atoms with Crippen LogP contribution < -0.4 is 20.8 Å². The number of amides is 1. The summed E-state index contributed by atoms with van der Waals surface area (Å²) in [6.07, 6.45) is -0.543. The fourth-order valence-corrected chi connectivity index (χ4v) is 4.09. The molecule has 1 fully saturated rings. The van der Waals surface area contributed by atoms with E-state index in [1.165, 1.54) is 4.90 Å². The maximum Gasteiger partial charge on any atom is 0.415 e. The topological polar surface area (TPSA) is 128 Å². The van der Waals surface area contributed by atoms with Crippen molar-refractivity contribution in [3.8, 4) is 17.6 Å². The van der Waals surface area contributed by atoms with Gasteiger partial charge in [-0.15, -0.1) is 0 Å². The molecule has 33 heavy (non-hydrogen) atoms. The van der Waals surface area contributed by atoms with E-state index in [-0.39, 0.29) is 28.5 Å². The quantitative estimate of drug-likeness (QED) is 0.597. The zero-order valence-corrected chi connectivity index (χ0v) is 17.4. The molecule has 1 atom stereocenters. The molecule has 1 saturated heterocycles. The van der Waals surface area contributed by atoms with Crippen molar-refractivity contribution >= 4 is 17.1 Å². The lowest BCUT2D eigenvalue weighted by molar-refractivity contribution is 0.0415. The van der Waals surface area contributed by atoms with Gasteiger partial charge in [0.2, 0.25) is 5.88 Å². The van der Waals surface area contributed by atoms with Crippen LogP contribution in [-0.4, -0.2) is 37.3 Å². The summed E-state index contributed by atoms with van der Waals surface area (Å²) in [7, 11) is 0. The van der Waals surface area contributed by atoms with E-state index in [0.29, 0.717) is 42.8 Å². The van der Waals surface area contributed by atoms with Crippen LogP contribution in [0.25, 0.3) is 11.0 Å². The van der Waals surface area contributed by atoms with Gasteiger partial charge in [-0.1, -0.05) is 30.3 Å². The van der Waals surface area contributed by atoms with Gasteiger partial charge < -0.3 is 29.3 Å². The standard InChI is InChI=1S/C24H19N3O6/c25-13-16-19(14-5-1-3-7-17(14)32-24(29)27-9-11-30-12-10-27)20-21(33-22(16)26)15-6-2-4-8-18(15)31-23(20)28/h1-8,19H,9-12,26H2/t19-/m1/s1. The van der Waals surface area contributed by atoms with Gasteiger partial charge in [-0.3, -0.25) is 0 Å². The number of rotatable bonds is 2. The third-order valence-corrected chi connectivity index (χ3v) is 5.67. The molecule has 3 aromatic rings. The SMILES string of the molecule is N#CC1=C(N)Oc2c(c(=O)oc3ccccc23)[C@@H]1c1ccccc1OC(=O)N1CCOCC1. The molecule has 0 unspecified atom stereocenters. The summed E-state index contributed by atoms with van der Waals surface area (Å²) >= 11 is 0. The molecule has 0 bridgehead atoms. The highest BCUT2D eigenvalue weighted by atomic mass is 16.6. The molecule has 2 aliphatic heterocycles. The Hall–Kier alpha value is -4.29. The van der Waals surface area contributed by atoms with Crippen LogP contribution in [0.5, 0.6) is 11.5 Å². The summed E-state index contributed by atoms with van der Waals surface area (Å²) < 4.78 is 22.2. The fraction of sp³-hybridized carbons (Fsp3) is 0.208. The summed E-state index contributed by atoms with van der Waals surface area (Å²) in [4.78, 5) is 27.3. The summed E-state index contributed by atoms with van der Waals surface area (Å²) in [5.74, 6) is -0.633. The highest BCUT2D eigenvalue weighted by Crippen LogP contribution is 2.45. The van der Waals surface area contributed by atoms with Gasteiger partial charge >= 0.3 is 11.7 Å². The first kappa shape index (κ1) is 20.6. The lowest BCUT2D eigenvalue weighted by atomic mass is 9.83. The Balaban J connectivity index is 1.66. The van der Waals surface area contributed by atoms with Gasteiger partial charge in [0.05, 0.1) is 30.1 Å². The van der Waals surface area contributed by atoms with Crippen molar-refractivity contribution in [1.29, 1.82) is 5.26 Å². The Morgan fingerprint density at radius 3 is 2.64 bits per heavy atom. The van der Waals surface area contributed by atoms with Crippen LogP contribution in [0, 0.1) is 11.3 Å². The normalized spacial score (nSPS) is 17.8. The van der Waals surface area contributed by atoms with Crippen LogP contribution in [0.2, 0.25) is 0 Å². The Morgan fingerprint density at radius 1 is 1.12 bits per heavy atom. The van der Waals surface area contributed by atoms with E-state index in [4.69, 9.17) is 24.4 Å². The molecule has 0 aliphatic carbocycles. The number of carbonyl (C=O) groups is 1. The van der Waals surface area contributed by atoms with Crippen molar-refractivity contribution in [2.45, 2.75) is 5.92 Å². The minimum absolute atomic E-state index is 0.0277. The number of allylic oxidation sites excluding steroid dienone is 1. The van der Waals surface area contributed by atoms with Crippen LogP contribution in [0.15, 0.2) is 69.2 Å². The Kier molecular flexibility index (Phi) is 5.20. The van der Waals surface area contributed by atoms with Crippen LogP contribution in [0.3, 0.4) is 0 Å². The molecule has 1 amide bonds. The minimum atomic E-state index is -0.937. The number of benzene rings is 2. The van der Waals surface area contributed by atoms with E-state index >= 15 is 0 Å². The van der Waals surface area contributed by atoms with Crippen molar-refractivity contribution < 1.29 is 23.4 Å². The first-order valence-corrected chi connectivity index (χ1v) is 10.3.